The van der Waals surface area contributed by atoms with E-state index in [4.69, 9.17) is 0 Å². The van der Waals surface area contributed by atoms with Gasteiger partial charge in [-0.1, -0.05) is 0 Å². The zero-order valence-electron chi connectivity index (χ0n) is 16.3. The molecule has 0 spiro atoms. The molecule has 5 rings (SSSR count). The summed E-state index contributed by atoms with van der Waals surface area (Å²) in [4.78, 5) is 21.0. The Morgan fingerprint density at radius 2 is 1.97 bits per heavy atom. The molecule has 4 heterocycles. The minimum absolute atomic E-state index is 0.0680. The van der Waals surface area contributed by atoms with Crippen LogP contribution in [0.15, 0.2) is 43.2 Å². The van der Waals surface area contributed by atoms with E-state index >= 15 is 0 Å². The van der Waals surface area contributed by atoms with Gasteiger partial charge in [0.25, 0.3) is 0 Å². The van der Waals surface area contributed by atoms with Crippen LogP contribution in [-0.2, 0) is 17.8 Å². The molecule has 1 atom stereocenters. The third kappa shape index (κ3) is 3.79. The number of hydrogen-bond donors (Lipinski definition) is 1. The summed E-state index contributed by atoms with van der Waals surface area (Å²) in [7, 11) is 0. The number of aryl methyl sites for hydroxylation is 1. The van der Waals surface area contributed by atoms with E-state index in [2.05, 4.69) is 36.4 Å². The lowest BCUT2D eigenvalue weighted by Crippen LogP contribution is -2.43. The zero-order chi connectivity index (χ0) is 19.6. The summed E-state index contributed by atoms with van der Waals surface area (Å²) in [5, 5.41) is 12.1. The third-order valence-electron chi connectivity index (χ3n) is 6.22. The molecule has 1 saturated carbocycles. The first-order chi connectivity index (χ1) is 14.3. The molecule has 0 radical (unpaired) electrons. The van der Waals surface area contributed by atoms with E-state index in [1.165, 1.54) is 5.69 Å². The van der Waals surface area contributed by atoms with Crippen molar-refractivity contribution in [2.24, 2.45) is 5.92 Å². The zero-order valence-corrected chi connectivity index (χ0v) is 16.3. The van der Waals surface area contributed by atoms with Crippen LogP contribution in [0.4, 0.5) is 0 Å². The minimum atomic E-state index is 0.0680. The smallest absolute Gasteiger partial charge is 0.223 e. The van der Waals surface area contributed by atoms with Gasteiger partial charge in [-0.25, -0.2) is 9.97 Å². The second-order valence-corrected chi connectivity index (χ2v) is 8.05. The lowest BCUT2D eigenvalue weighted by molar-refractivity contribution is -0.126. The number of aromatic nitrogens is 6. The Kier molecular flexibility index (Phi) is 4.83. The number of rotatable bonds is 4. The lowest BCUT2D eigenvalue weighted by atomic mass is 9.89. The Morgan fingerprint density at radius 3 is 2.79 bits per heavy atom. The van der Waals surface area contributed by atoms with E-state index in [0.29, 0.717) is 6.04 Å². The fraction of sp³-hybridized carbons (Fsp3) is 0.476. The minimum Gasteiger partial charge on any atom is -0.353 e. The molecule has 0 saturated heterocycles. The molecule has 1 aliphatic heterocycles. The van der Waals surface area contributed by atoms with Gasteiger partial charge >= 0.3 is 0 Å². The summed E-state index contributed by atoms with van der Waals surface area (Å²) in [6, 6.07) is 4.56. The molecule has 1 amide bonds. The van der Waals surface area contributed by atoms with Crippen LogP contribution in [0.5, 0.6) is 0 Å². The Labute approximate surface area is 169 Å². The second kappa shape index (κ2) is 7.77. The Balaban J connectivity index is 1.14. The molecule has 1 fully saturated rings. The Hall–Kier alpha value is -3.03. The molecule has 8 heteroatoms. The molecule has 2 aliphatic rings. The van der Waals surface area contributed by atoms with Crippen molar-refractivity contribution in [3.8, 4) is 11.3 Å². The van der Waals surface area contributed by atoms with Crippen molar-refractivity contribution in [3.63, 3.8) is 0 Å². The maximum absolute atomic E-state index is 12.7. The van der Waals surface area contributed by atoms with Crippen molar-refractivity contribution in [2.45, 2.75) is 57.2 Å². The quantitative estimate of drug-likeness (QED) is 0.737. The van der Waals surface area contributed by atoms with Crippen LogP contribution in [0.1, 0.15) is 43.8 Å². The van der Waals surface area contributed by atoms with E-state index in [9.17, 15) is 4.79 Å². The van der Waals surface area contributed by atoms with E-state index < -0.39 is 0 Å². The fourth-order valence-corrected chi connectivity index (χ4v) is 4.53. The molecular weight excluding hydrogens is 366 g/mol. The van der Waals surface area contributed by atoms with Gasteiger partial charge in [-0.05, 0) is 44.2 Å². The van der Waals surface area contributed by atoms with Crippen molar-refractivity contribution in [2.75, 3.05) is 0 Å². The van der Waals surface area contributed by atoms with Gasteiger partial charge in [0, 0.05) is 54.8 Å². The molecule has 8 nitrogen and oxygen atoms in total. The van der Waals surface area contributed by atoms with Crippen LogP contribution in [-0.4, -0.2) is 41.5 Å². The SMILES string of the molecule is O=C(NC1CCC(n2cc(-c3ccncn3)cn2)CC1)C1CCn2nccc2C1. The van der Waals surface area contributed by atoms with Crippen LogP contribution in [0, 0.1) is 5.92 Å². The predicted molar refractivity (Wildman–Crippen MR) is 107 cm³/mol. The molecule has 29 heavy (non-hydrogen) atoms. The molecule has 3 aromatic heterocycles. The number of carbonyl (C=O) groups is 1. The van der Waals surface area contributed by atoms with Gasteiger partial charge in [-0.3, -0.25) is 14.2 Å². The Bertz CT molecular complexity index is 972. The first-order valence-electron chi connectivity index (χ1n) is 10.4. The van der Waals surface area contributed by atoms with Crippen LogP contribution >= 0.6 is 0 Å². The first kappa shape index (κ1) is 18.0. The number of nitrogens with zero attached hydrogens (tertiary/aromatic N) is 6. The average Bonchev–Trinajstić information content (AvgIpc) is 3.44. The number of hydrogen-bond acceptors (Lipinski definition) is 5. The summed E-state index contributed by atoms with van der Waals surface area (Å²) in [6.07, 6.45) is 14.7. The van der Waals surface area contributed by atoms with Crippen molar-refractivity contribution < 1.29 is 4.79 Å². The van der Waals surface area contributed by atoms with Gasteiger partial charge in [0.15, 0.2) is 0 Å². The summed E-state index contributed by atoms with van der Waals surface area (Å²) in [5.74, 6) is 0.268. The third-order valence-corrected chi connectivity index (χ3v) is 6.22. The maximum atomic E-state index is 12.7. The van der Waals surface area contributed by atoms with E-state index in [1.54, 1.807) is 12.5 Å². The largest absolute Gasteiger partial charge is 0.353 e. The number of amides is 1. The number of carbonyl (C=O) groups excluding carboxylic acids is 1. The van der Waals surface area contributed by atoms with Gasteiger partial charge in [-0.15, -0.1) is 0 Å². The molecule has 0 bridgehead atoms. The number of fused-ring (bicyclic) bond motifs is 1. The number of nitrogens with one attached hydrogen (secondary N) is 1. The molecule has 1 aliphatic carbocycles. The fourth-order valence-electron chi connectivity index (χ4n) is 4.53. The summed E-state index contributed by atoms with van der Waals surface area (Å²) >= 11 is 0. The summed E-state index contributed by atoms with van der Waals surface area (Å²) < 4.78 is 4.06. The molecule has 150 valence electrons. The standard InChI is InChI=1S/C21H25N7O/c29-21(15-7-10-27-19(11-15)5-9-24-27)26-17-1-3-18(4-2-17)28-13-16(12-25-28)20-6-8-22-14-23-20/h5-6,8-9,12-15,17-18H,1-4,7,10-11H2,(H,26,29). The van der Waals surface area contributed by atoms with Crippen molar-refractivity contribution in [1.82, 2.24) is 34.8 Å². The van der Waals surface area contributed by atoms with Crippen LogP contribution in [0.2, 0.25) is 0 Å². The van der Waals surface area contributed by atoms with E-state index in [0.717, 1.165) is 56.3 Å². The highest BCUT2D eigenvalue weighted by Crippen LogP contribution is 2.30. The molecule has 1 unspecified atom stereocenters. The highest BCUT2D eigenvalue weighted by Gasteiger charge is 2.29. The summed E-state index contributed by atoms with van der Waals surface area (Å²) in [5.41, 5.74) is 3.07. The van der Waals surface area contributed by atoms with E-state index in [1.807, 2.05) is 29.2 Å². The normalized spacial score (nSPS) is 24.1. The molecular formula is C21H25N7O. The van der Waals surface area contributed by atoms with Crippen molar-refractivity contribution in [1.29, 1.82) is 0 Å². The second-order valence-electron chi connectivity index (χ2n) is 8.05. The van der Waals surface area contributed by atoms with E-state index in [-0.39, 0.29) is 17.9 Å². The molecule has 0 aromatic carbocycles. The van der Waals surface area contributed by atoms with Crippen molar-refractivity contribution >= 4 is 5.91 Å². The molecule has 3 aromatic rings. The Morgan fingerprint density at radius 1 is 1.07 bits per heavy atom. The molecule has 1 N–H and O–H groups in total. The maximum Gasteiger partial charge on any atom is 0.223 e. The van der Waals surface area contributed by atoms with Crippen LogP contribution in [0.25, 0.3) is 11.3 Å². The van der Waals surface area contributed by atoms with Gasteiger partial charge < -0.3 is 5.32 Å². The van der Waals surface area contributed by atoms with Gasteiger partial charge in [0.1, 0.15) is 6.33 Å². The average molecular weight is 391 g/mol. The van der Waals surface area contributed by atoms with Gasteiger partial charge in [0.05, 0.1) is 17.9 Å². The highest BCUT2D eigenvalue weighted by molar-refractivity contribution is 5.79. The van der Waals surface area contributed by atoms with Crippen LogP contribution < -0.4 is 5.32 Å². The van der Waals surface area contributed by atoms with Gasteiger partial charge in [0.2, 0.25) is 5.91 Å². The highest BCUT2D eigenvalue weighted by atomic mass is 16.1. The van der Waals surface area contributed by atoms with Crippen LogP contribution in [0.3, 0.4) is 0 Å². The van der Waals surface area contributed by atoms with Gasteiger partial charge in [-0.2, -0.15) is 10.2 Å². The summed E-state index contributed by atoms with van der Waals surface area (Å²) in [6.45, 7) is 0.834. The van der Waals surface area contributed by atoms with Crippen molar-refractivity contribution in [3.05, 3.63) is 48.9 Å². The first-order valence-corrected chi connectivity index (χ1v) is 10.4. The monoisotopic (exact) mass is 391 g/mol. The lowest BCUT2D eigenvalue weighted by Gasteiger charge is -2.31. The topological polar surface area (TPSA) is 90.5 Å². The predicted octanol–water partition coefficient (Wildman–Crippen LogP) is 2.40.